The van der Waals surface area contributed by atoms with Gasteiger partial charge in [-0.25, -0.2) is 4.57 Å². The zero-order chi connectivity index (χ0) is 18.2. The van der Waals surface area contributed by atoms with Crippen LogP contribution in [0, 0.1) is 0 Å². The lowest BCUT2D eigenvalue weighted by Gasteiger charge is -2.17. The second-order valence-electron chi connectivity index (χ2n) is 5.44. The molecule has 0 saturated carbocycles. The molecule has 3 rings (SSSR count). The lowest BCUT2D eigenvalue weighted by Crippen LogP contribution is -1.98. The number of hydrogen-bond donors (Lipinski definition) is 0. The third kappa shape index (κ3) is 5.29. The predicted molar refractivity (Wildman–Crippen MR) is 109 cm³/mol. The molecule has 0 aliphatic rings. The van der Waals surface area contributed by atoms with Gasteiger partial charge in [0.15, 0.2) is 0 Å². The SMILES string of the molecule is CSc1ccc(/C=C/P(=O)(Oc2ccccc2)Oc2ccccc2)cc1. The molecule has 0 atom stereocenters. The van der Waals surface area contributed by atoms with Crippen LogP contribution in [-0.2, 0) is 4.57 Å². The van der Waals surface area contributed by atoms with Crippen molar-refractivity contribution in [3.05, 3.63) is 96.3 Å². The highest BCUT2D eigenvalue weighted by Gasteiger charge is 2.24. The molecule has 0 radical (unpaired) electrons. The van der Waals surface area contributed by atoms with Gasteiger partial charge in [0, 0.05) is 4.90 Å². The molecule has 0 bridgehead atoms. The van der Waals surface area contributed by atoms with Crippen molar-refractivity contribution in [1.82, 2.24) is 0 Å². The van der Waals surface area contributed by atoms with Gasteiger partial charge in [-0.3, -0.25) is 0 Å². The van der Waals surface area contributed by atoms with Crippen molar-refractivity contribution in [2.24, 2.45) is 0 Å². The van der Waals surface area contributed by atoms with Crippen LogP contribution in [0.5, 0.6) is 11.5 Å². The molecule has 0 aromatic heterocycles. The van der Waals surface area contributed by atoms with E-state index < -0.39 is 7.60 Å². The Labute approximate surface area is 158 Å². The van der Waals surface area contributed by atoms with Crippen molar-refractivity contribution >= 4 is 25.4 Å². The van der Waals surface area contributed by atoms with E-state index >= 15 is 0 Å². The fraction of sp³-hybridized carbons (Fsp3) is 0.0476. The van der Waals surface area contributed by atoms with E-state index in [0.717, 1.165) is 5.56 Å². The summed E-state index contributed by atoms with van der Waals surface area (Å²) in [6, 6.07) is 26.0. The Bertz CT molecular complexity index is 848. The summed E-state index contributed by atoms with van der Waals surface area (Å²) in [5.74, 6) is 2.49. The molecular formula is C21H19O3PS. The molecule has 5 heteroatoms. The Morgan fingerprint density at radius 2 is 1.27 bits per heavy atom. The van der Waals surface area contributed by atoms with Gasteiger partial charge < -0.3 is 9.05 Å². The monoisotopic (exact) mass is 382 g/mol. The summed E-state index contributed by atoms with van der Waals surface area (Å²) in [5, 5.41) is 0. The van der Waals surface area contributed by atoms with Crippen molar-refractivity contribution in [2.75, 3.05) is 6.26 Å². The molecule has 3 aromatic rings. The van der Waals surface area contributed by atoms with E-state index in [4.69, 9.17) is 9.05 Å². The van der Waals surface area contributed by atoms with E-state index in [9.17, 15) is 4.57 Å². The number of benzene rings is 3. The van der Waals surface area contributed by atoms with Crippen molar-refractivity contribution < 1.29 is 13.6 Å². The minimum Gasteiger partial charge on any atom is -0.413 e. The van der Waals surface area contributed by atoms with Gasteiger partial charge in [-0.1, -0.05) is 48.5 Å². The van der Waals surface area contributed by atoms with Gasteiger partial charge in [0.05, 0.1) is 5.82 Å². The minimum atomic E-state index is -3.53. The summed E-state index contributed by atoms with van der Waals surface area (Å²) in [6.07, 6.45) is 3.79. The lowest BCUT2D eigenvalue weighted by molar-refractivity contribution is 0.398. The average Bonchev–Trinajstić information content (AvgIpc) is 2.68. The molecule has 3 aromatic carbocycles. The van der Waals surface area contributed by atoms with Crippen LogP contribution < -0.4 is 9.05 Å². The van der Waals surface area contributed by atoms with E-state index in [1.165, 1.54) is 10.7 Å². The minimum absolute atomic E-state index is 0.495. The molecule has 3 nitrogen and oxygen atoms in total. The van der Waals surface area contributed by atoms with Crippen LogP contribution in [0.3, 0.4) is 0 Å². The molecule has 0 amide bonds. The largest absolute Gasteiger partial charge is 0.455 e. The summed E-state index contributed by atoms with van der Waals surface area (Å²) >= 11 is 1.68. The summed E-state index contributed by atoms with van der Waals surface area (Å²) in [4.78, 5) is 1.17. The normalized spacial score (nSPS) is 11.4. The number of rotatable bonds is 7. The molecule has 0 fully saturated rings. The molecule has 0 saturated heterocycles. The van der Waals surface area contributed by atoms with Crippen molar-refractivity contribution in [3.63, 3.8) is 0 Å². The maximum absolute atomic E-state index is 13.3. The van der Waals surface area contributed by atoms with Gasteiger partial charge in [0.25, 0.3) is 0 Å². The Kier molecular flexibility index (Phi) is 6.21. The third-order valence-corrected chi connectivity index (χ3v) is 5.71. The highest BCUT2D eigenvalue weighted by atomic mass is 32.2. The topological polar surface area (TPSA) is 35.5 Å². The molecular weight excluding hydrogens is 363 g/mol. The standard InChI is InChI=1S/C21H19O3PS/c1-26-21-14-12-18(13-15-21)16-17-25(22,23-19-8-4-2-5-9-19)24-20-10-6-3-7-11-20/h2-17H,1H3/b17-16+. The van der Waals surface area contributed by atoms with Gasteiger partial charge in [-0.15, -0.1) is 11.8 Å². The van der Waals surface area contributed by atoms with Gasteiger partial charge >= 0.3 is 7.60 Å². The van der Waals surface area contributed by atoms with Crippen LogP contribution in [0.15, 0.2) is 95.6 Å². The third-order valence-electron chi connectivity index (χ3n) is 3.52. The van der Waals surface area contributed by atoms with Crippen LogP contribution in [-0.4, -0.2) is 6.26 Å². The summed E-state index contributed by atoms with van der Waals surface area (Å²) in [7, 11) is -3.53. The van der Waals surface area contributed by atoms with E-state index in [-0.39, 0.29) is 0 Å². The van der Waals surface area contributed by atoms with Gasteiger partial charge in [0.1, 0.15) is 11.5 Å². The Morgan fingerprint density at radius 1 is 0.769 bits per heavy atom. The Morgan fingerprint density at radius 3 is 1.73 bits per heavy atom. The highest BCUT2D eigenvalue weighted by Crippen LogP contribution is 2.50. The quantitative estimate of drug-likeness (QED) is 0.335. The molecule has 0 heterocycles. The number of para-hydroxylation sites is 2. The average molecular weight is 382 g/mol. The second-order valence-corrected chi connectivity index (χ2v) is 8.06. The first kappa shape index (κ1) is 18.4. The Hall–Kier alpha value is -2.42. The first-order valence-electron chi connectivity index (χ1n) is 8.09. The smallest absolute Gasteiger partial charge is 0.413 e. The number of hydrogen-bond acceptors (Lipinski definition) is 4. The van der Waals surface area contributed by atoms with Crippen molar-refractivity contribution in [3.8, 4) is 11.5 Å². The zero-order valence-corrected chi connectivity index (χ0v) is 16.0. The van der Waals surface area contributed by atoms with Crippen LogP contribution in [0.2, 0.25) is 0 Å². The van der Waals surface area contributed by atoms with E-state index in [1.54, 1.807) is 42.1 Å². The van der Waals surface area contributed by atoms with Crippen molar-refractivity contribution in [2.45, 2.75) is 4.90 Å². The molecule has 0 N–H and O–H groups in total. The van der Waals surface area contributed by atoms with E-state index in [1.807, 2.05) is 66.9 Å². The maximum Gasteiger partial charge on any atom is 0.455 e. The Balaban J connectivity index is 1.86. The van der Waals surface area contributed by atoms with Crippen LogP contribution in [0.4, 0.5) is 0 Å². The molecule has 132 valence electrons. The number of thioether (sulfide) groups is 1. The molecule has 0 unspecified atom stereocenters. The molecule has 0 spiro atoms. The van der Waals surface area contributed by atoms with Gasteiger partial charge in [-0.2, -0.15) is 0 Å². The molecule has 26 heavy (non-hydrogen) atoms. The van der Waals surface area contributed by atoms with Gasteiger partial charge in [-0.05, 0) is 54.3 Å². The fourth-order valence-electron chi connectivity index (χ4n) is 2.23. The van der Waals surface area contributed by atoms with E-state index in [0.29, 0.717) is 11.5 Å². The highest BCUT2D eigenvalue weighted by molar-refractivity contribution is 7.98. The maximum atomic E-state index is 13.3. The lowest BCUT2D eigenvalue weighted by atomic mass is 10.2. The van der Waals surface area contributed by atoms with Crippen LogP contribution >= 0.6 is 19.4 Å². The van der Waals surface area contributed by atoms with Crippen LogP contribution in [0.1, 0.15) is 5.56 Å². The van der Waals surface area contributed by atoms with E-state index in [2.05, 4.69) is 0 Å². The van der Waals surface area contributed by atoms with Gasteiger partial charge in [0.2, 0.25) is 0 Å². The molecule has 0 aliphatic heterocycles. The zero-order valence-electron chi connectivity index (χ0n) is 14.3. The van der Waals surface area contributed by atoms with Crippen molar-refractivity contribution in [1.29, 1.82) is 0 Å². The first-order chi connectivity index (χ1) is 12.7. The summed E-state index contributed by atoms with van der Waals surface area (Å²) < 4.78 is 24.7. The fourth-order valence-corrected chi connectivity index (χ4v) is 3.98. The molecule has 0 aliphatic carbocycles. The summed E-state index contributed by atoms with van der Waals surface area (Å²) in [6.45, 7) is 0. The predicted octanol–water partition coefficient (Wildman–Crippen LogP) is 6.73. The first-order valence-corrected chi connectivity index (χ1v) is 10.9. The summed E-state index contributed by atoms with van der Waals surface area (Å²) in [5.41, 5.74) is 0.927. The van der Waals surface area contributed by atoms with Crippen LogP contribution in [0.25, 0.3) is 6.08 Å². The second kappa shape index (κ2) is 8.79.